The Morgan fingerprint density at radius 1 is 1.36 bits per heavy atom. The van der Waals surface area contributed by atoms with Crippen LogP contribution in [0.5, 0.6) is 0 Å². The molecule has 0 fully saturated rings. The van der Waals surface area contributed by atoms with Crippen molar-refractivity contribution in [3.63, 3.8) is 0 Å². The molecule has 0 spiro atoms. The Labute approximate surface area is 81.8 Å². The Balaban J connectivity index is 2.65. The summed E-state index contributed by atoms with van der Waals surface area (Å²) in [5, 5.41) is 1.22. The maximum Gasteiger partial charge on any atom is 0.251 e. The summed E-state index contributed by atoms with van der Waals surface area (Å²) in [5.74, 6) is 0. The summed E-state index contributed by atoms with van der Waals surface area (Å²) in [6, 6.07) is 8.02. The molecule has 0 saturated heterocycles. The topological polar surface area (TPSA) is 22.0 Å². The number of aryl methyl sites for hydroxylation is 3. The van der Waals surface area contributed by atoms with Gasteiger partial charge < -0.3 is 4.57 Å². The van der Waals surface area contributed by atoms with E-state index < -0.39 is 0 Å². The van der Waals surface area contributed by atoms with Crippen LogP contribution in [0.1, 0.15) is 11.1 Å². The Morgan fingerprint density at radius 2 is 2.21 bits per heavy atom. The normalized spacial score (nSPS) is 13.8. The first-order valence-electron chi connectivity index (χ1n) is 4.89. The van der Waals surface area contributed by atoms with Gasteiger partial charge in [0.25, 0.3) is 5.56 Å². The van der Waals surface area contributed by atoms with Crippen LogP contribution in [0.4, 0.5) is 0 Å². The van der Waals surface area contributed by atoms with E-state index in [2.05, 4.69) is 18.2 Å². The highest BCUT2D eigenvalue weighted by Crippen LogP contribution is 2.25. The molecule has 1 aliphatic rings. The van der Waals surface area contributed by atoms with Crippen molar-refractivity contribution in [1.82, 2.24) is 4.57 Å². The van der Waals surface area contributed by atoms with Gasteiger partial charge in [0.2, 0.25) is 0 Å². The van der Waals surface area contributed by atoms with E-state index in [1.807, 2.05) is 11.5 Å². The van der Waals surface area contributed by atoms with Gasteiger partial charge in [0, 0.05) is 18.0 Å². The second-order valence-electron chi connectivity index (χ2n) is 3.88. The quantitative estimate of drug-likeness (QED) is 0.614. The smallest absolute Gasteiger partial charge is 0.251 e. The molecule has 2 nitrogen and oxygen atoms in total. The van der Waals surface area contributed by atoms with Crippen molar-refractivity contribution < 1.29 is 0 Å². The predicted molar refractivity (Wildman–Crippen MR) is 56.6 cm³/mol. The number of rotatable bonds is 0. The van der Waals surface area contributed by atoms with Gasteiger partial charge in [0.1, 0.15) is 0 Å². The third-order valence-corrected chi connectivity index (χ3v) is 3.03. The molecule has 0 amide bonds. The zero-order valence-corrected chi connectivity index (χ0v) is 8.08. The van der Waals surface area contributed by atoms with Crippen molar-refractivity contribution in [2.45, 2.75) is 19.9 Å². The number of hydrogen-bond acceptors (Lipinski definition) is 1. The van der Waals surface area contributed by atoms with Crippen molar-refractivity contribution in [1.29, 1.82) is 0 Å². The molecule has 14 heavy (non-hydrogen) atoms. The van der Waals surface area contributed by atoms with E-state index in [-0.39, 0.29) is 5.56 Å². The fraction of sp³-hybridized carbons (Fsp3) is 0.250. The van der Waals surface area contributed by atoms with E-state index >= 15 is 0 Å². The lowest BCUT2D eigenvalue weighted by atomic mass is 10.1. The average molecular weight is 185 g/mol. The molecule has 2 heterocycles. The summed E-state index contributed by atoms with van der Waals surface area (Å²) < 4.78 is 1.89. The fourth-order valence-corrected chi connectivity index (χ4v) is 2.34. The van der Waals surface area contributed by atoms with E-state index in [0.717, 1.165) is 24.0 Å². The molecule has 1 aromatic heterocycles. The summed E-state index contributed by atoms with van der Waals surface area (Å²) in [6.45, 7) is 2.85. The summed E-state index contributed by atoms with van der Waals surface area (Å²) in [6.07, 6.45) is 0.996. The third kappa shape index (κ3) is 0.830. The minimum absolute atomic E-state index is 0.139. The van der Waals surface area contributed by atoms with Gasteiger partial charge in [0.15, 0.2) is 0 Å². The van der Waals surface area contributed by atoms with Gasteiger partial charge in [-0.25, -0.2) is 0 Å². The van der Waals surface area contributed by atoms with Crippen LogP contribution in [0.2, 0.25) is 0 Å². The van der Waals surface area contributed by atoms with Crippen LogP contribution < -0.4 is 5.56 Å². The van der Waals surface area contributed by atoms with Crippen LogP contribution in [0.3, 0.4) is 0 Å². The molecule has 0 aliphatic carbocycles. The standard InChI is InChI=1S/C12H11NO/c1-8-7-11(14)13-6-5-9-3-2-4-10(8)12(9)13/h2-4,7H,5-6H2,1H3. The zero-order chi connectivity index (χ0) is 9.71. The summed E-state index contributed by atoms with van der Waals surface area (Å²) >= 11 is 0. The van der Waals surface area contributed by atoms with Crippen LogP contribution in [0, 0.1) is 6.92 Å². The number of hydrogen-bond donors (Lipinski definition) is 0. The first kappa shape index (κ1) is 7.80. The van der Waals surface area contributed by atoms with Crippen molar-refractivity contribution in [3.8, 4) is 0 Å². The second kappa shape index (κ2) is 2.47. The highest BCUT2D eigenvalue weighted by Gasteiger charge is 2.15. The van der Waals surface area contributed by atoms with Gasteiger partial charge in [-0.1, -0.05) is 18.2 Å². The number of pyridine rings is 1. The lowest BCUT2D eigenvalue weighted by Gasteiger charge is -2.05. The molecule has 1 aliphatic heterocycles. The van der Waals surface area contributed by atoms with Crippen molar-refractivity contribution in [2.24, 2.45) is 0 Å². The molecule has 0 saturated carbocycles. The Morgan fingerprint density at radius 3 is 3.07 bits per heavy atom. The van der Waals surface area contributed by atoms with Crippen LogP contribution in [-0.2, 0) is 13.0 Å². The SMILES string of the molecule is Cc1cc(=O)n2c3c(cccc13)CC2. The van der Waals surface area contributed by atoms with E-state index in [0.29, 0.717) is 0 Å². The molecule has 0 atom stereocenters. The van der Waals surface area contributed by atoms with Gasteiger partial charge in [-0.15, -0.1) is 0 Å². The lowest BCUT2D eigenvalue weighted by Crippen LogP contribution is -2.17. The van der Waals surface area contributed by atoms with Gasteiger partial charge >= 0.3 is 0 Å². The van der Waals surface area contributed by atoms with E-state index in [9.17, 15) is 4.79 Å². The molecular weight excluding hydrogens is 174 g/mol. The van der Waals surface area contributed by atoms with Crippen LogP contribution in [0.25, 0.3) is 10.9 Å². The van der Waals surface area contributed by atoms with Gasteiger partial charge in [-0.3, -0.25) is 4.79 Å². The number of benzene rings is 1. The molecule has 0 bridgehead atoms. The van der Waals surface area contributed by atoms with Crippen LogP contribution in [0.15, 0.2) is 29.1 Å². The Kier molecular flexibility index (Phi) is 1.38. The largest absolute Gasteiger partial charge is 0.308 e. The molecular formula is C12H11NO. The van der Waals surface area contributed by atoms with Crippen LogP contribution >= 0.6 is 0 Å². The molecule has 2 aromatic rings. The molecule has 3 rings (SSSR count). The highest BCUT2D eigenvalue weighted by molar-refractivity contribution is 5.86. The second-order valence-corrected chi connectivity index (χ2v) is 3.88. The molecule has 0 unspecified atom stereocenters. The molecule has 1 aromatic carbocycles. The fourth-order valence-electron chi connectivity index (χ4n) is 2.34. The summed E-state index contributed by atoms with van der Waals surface area (Å²) in [4.78, 5) is 11.7. The lowest BCUT2D eigenvalue weighted by molar-refractivity contribution is 0.741. The van der Waals surface area contributed by atoms with E-state index in [1.165, 1.54) is 10.9 Å². The van der Waals surface area contributed by atoms with Gasteiger partial charge in [-0.05, 0) is 24.5 Å². The highest BCUT2D eigenvalue weighted by atomic mass is 16.1. The number of para-hydroxylation sites is 1. The first-order chi connectivity index (χ1) is 6.77. The number of nitrogens with zero attached hydrogens (tertiary/aromatic N) is 1. The average Bonchev–Trinajstić information content (AvgIpc) is 2.59. The van der Waals surface area contributed by atoms with E-state index in [4.69, 9.17) is 0 Å². The summed E-state index contributed by atoms with van der Waals surface area (Å²) in [7, 11) is 0. The van der Waals surface area contributed by atoms with Gasteiger partial charge in [0.05, 0.1) is 5.52 Å². The molecule has 70 valence electrons. The predicted octanol–water partition coefficient (Wildman–Crippen LogP) is 1.87. The maximum absolute atomic E-state index is 11.7. The minimum Gasteiger partial charge on any atom is -0.308 e. The van der Waals surface area contributed by atoms with Crippen molar-refractivity contribution in [2.75, 3.05) is 0 Å². The summed E-state index contributed by atoms with van der Waals surface area (Å²) in [5.41, 5.74) is 3.69. The third-order valence-electron chi connectivity index (χ3n) is 3.03. The van der Waals surface area contributed by atoms with E-state index in [1.54, 1.807) is 6.07 Å². The Hall–Kier alpha value is -1.57. The Bertz CT molecular complexity index is 581. The van der Waals surface area contributed by atoms with Crippen LogP contribution in [-0.4, -0.2) is 4.57 Å². The minimum atomic E-state index is 0.139. The van der Waals surface area contributed by atoms with Gasteiger partial charge in [-0.2, -0.15) is 0 Å². The molecule has 0 N–H and O–H groups in total. The van der Waals surface area contributed by atoms with Crippen molar-refractivity contribution >= 4 is 10.9 Å². The molecule has 0 radical (unpaired) electrons. The zero-order valence-electron chi connectivity index (χ0n) is 8.08. The maximum atomic E-state index is 11.7. The monoisotopic (exact) mass is 185 g/mol. The number of aromatic nitrogens is 1. The molecule has 2 heteroatoms. The first-order valence-corrected chi connectivity index (χ1v) is 4.89. The van der Waals surface area contributed by atoms with Crippen molar-refractivity contribution in [3.05, 3.63) is 45.7 Å².